The predicted octanol–water partition coefficient (Wildman–Crippen LogP) is 2.68. The van der Waals surface area contributed by atoms with Gasteiger partial charge >= 0.3 is 0 Å². The molecule has 1 heterocycles. The van der Waals surface area contributed by atoms with Gasteiger partial charge in [0.2, 0.25) is 0 Å². The molecular formula is C10H15BrN2OS. The molecule has 1 aromatic rings. The number of aliphatic hydroxyl groups is 1. The highest BCUT2D eigenvalue weighted by Crippen LogP contribution is 2.28. The molecule has 0 radical (unpaired) electrons. The van der Waals surface area contributed by atoms with E-state index in [9.17, 15) is 5.11 Å². The molecule has 0 aliphatic rings. The Morgan fingerprint density at radius 2 is 2.27 bits per heavy atom. The van der Waals surface area contributed by atoms with E-state index in [0.717, 1.165) is 21.5 Å². The highest BCUT2D eigenvalue weighted by molar-refractivity contribution is 9.10. The fourth-order valence-electron chi connectivity index (χ4n) is 0.958. The minimum atomic E-state index is -0.624. The molecule has 0 atom stereocenters. The van der Waals surface area contributed by atoms with Crippen LogP contribution in [0.25, 0.3) is 0 Å². The predicted molar refractivity (Wildman–Crippen MR) is 68.0 cm³/mol. The lowest BCUT2D eigenvalue weighted by Gasteiger charge is -2.16. The van der Waals surface area contributed by atoms with Crippen molar-refractivity contribution in [3.8, 4) is 0 Å². The van der Waals surface area contributed by atoms with E-state index in [4.69, 9.17) is 5.73 Å². The molecule has 0 bridgehead atoms. The van der Waals surface area contributed by atoms with Crippen LogP contribution < -0.4 is 5.73 Å². The summed E-state index contributed by atoms with van der Waals surface area (Å²) in [6.07, 6.45) is 2.40. The fourth-order valence-corrected chi connectivity index (χ4v) is 2.67. The summed E-state index contributed by atoms with van der Waals surface area (Å²) < 4.78 is 0.919. The van der Waals surface area contributed by atoms with Crippen molar-refractivity contribution in [3.05, 3.63) is 16.7 Å². The van der Waals surface area contributed by atoms with Crippen LogP contribution in [-0.2, 0) is 0 Å². The Hall–Kier alpha value is -0.260. The Kier molecular flexibility index (Phi) is 4.43. The number of nitrogens with two attached hydrogens (primary N) is 1. The zero-order valence-corrected chi connectivity index (χ0v) is 11.2. The van der Waals surface area contributed by atoms with Gasteiger partial charge in [-0.3, -0.25) is 0 Å². The van der Waals surface area contributed by atoms with Gasteiger partial charge in [-0.1, -0.05) is 0 Å². The van der Waals surface area contributed by atoms with Crippen LogP contribution in [-0.4, -0.2) is 21.4 Å². The zero-order chi connectivity index (χ0) is 11.5. The molecule has 0 aliphatic heterocycles. The van der Waals surface area contributed by atoms with Crippen molar-refractivity contribution in [2.45, 2.75) is 30.8 Å². The summed E-state index contributed by atoms with van der Waals surface area (Å²) in [5.41, 5.74) is 5.10. The van der Waals surface area contributed by atoms with Gasteiger partial charge in [0.15, 0.2) is 0 Å². The Balaban J connectivity index is 2.54. The van der Waals surface area contributed by atoms with Crippen molar-refractivity contribution >= 4 is 33.5 Å². The normalized spacial score (nSPS) is 11.7. The largest absolute Gasteiger partial charge is 0.390 e. The molecule has 84 valence electrons. The number of rotatable bonds is 4. The van der Waals surface area contributed by atoms with Crippen molar-refractivity contribution in [2.75, 3.05) is 11.5 Å². The van der Waals surface area contributed by atoms with E-state index in [1.54, 1.807) is 31.8 Å². The second-order valence-electron chi connectivity index (χ2n) is 3.95. The average Bonchev–Trinajstić information content (AvgIpc) is 2.09. The number of thioether (sulfide) groups is 1. The van der Waals surface area contributed by atoms with Crippen molar-refractivity contribution < 1.29 is 5.11 Å². The van der Waals surface area contributed by atoms with Crippen LogP contribution in [0.5, 0.6) is 0 Å². The molecule has 1 rings (SSSR count). The minimum Gasteiger partial charge on any atom is -0.390 e. The smallest absolute Gasteiger partial charge is 0.137 e. The molecule has 3 nitrogen and oxygen atoms in total. The van der Waals surface area contributed by atoms with Crippen LogP contribution in [0, 0.1) is 0 Å². The van der Waals surface area contributed by atoms with Crippen molar-refractivity contribution in [2.24, 2.45) is 0 Å². The third kappa shape index (κ3) is 4.86. The molecule has 0 aromatic carbocycles. The number of hydrogen-bond acceptors (Lipinski definition) is 4. The first kappa shape index (κ1) is 12.8. The van der Waals surface area contributed by atoms with E-state index in [1.165, 1.54) is 0 Å². The minimum absolute atomic E-state index is 0.541. The number of hydrogen-bond donors (Lipinski definition) is 2. The van der Waals surface area contributed by atoms with Gasteiger partial charge in [0, 0.05) is 16.4 Å². The van der Waals surface area contributed by atoms with E-state index in [-0.39, 0.29) is 0 Å². The highest BCUT2D eigenvalue weighted by Gasteiger charge is 2.12. The first-order chi connectivity index (χ1) is 6.88. The molecule has 15 heavy (non-hydrogen) atoms. The summed E-state index contributed by atoms with van der Waals surface area (Å²) in [5.74, 6) is 1.37. The molecule has 0 saturated carbocycles. The van der Waals surface area contributed by atoms with Crippen LogP contribution in [0.2, 0.25) is 0 Å². The van der Waals surface area contributed by atoms with Gasteiger partial charge in [-0.2, -0.15) is 0 Å². The molecule has 0 unspecified atom stereocenters. The highest BCUT2D eigenvalue weighted by atomic mass is 79.9. The Morgan fingerprint density at radius 3 is 2.87 bits per heavy atom. The molecule has 0 spiro atoms. The molecule has 5 heteroatoms. The quantitative estimate of drug-likeness (QED) is 0.837. The van der Waals surface area contributed by atoms with Crippen LogP contribution in [0.15, 0.2) is 21.6 Å². The summed E-state index contributed by atoms with van der Waals surface area (Å²) in [6, 6.07) is 1.94. The molecular weight excluding hydrogens is 276 g/mol. The summed E-state index contributed by atoms with van der Waals surface area (Å²) in [6.45, 7) is 3.60. The molecule has 1 aromatic heterocycles. The maximum atomic E-state index is 9.55. The van der Waals surface area contributed by atoms with Gasteiger partial charge in [0.1, 0.15) is 5.82 Å². The van der Waals surface area contributed by atoms with E-state index in [0.29, 0.717) is 5.82 Å². The van der Waals surface area contributed by atoms with Gasteiger partial charge in [-0.15, -0.1) is 11.8 Å². The van der Waals surface area contributed by atoms with E-state index < -0.39 is 5.60 Å². The number of aromatic nitrogens is 1. The lowest BCUT2D eigenvalue weighted by molar-refractivity contribution is 0.0778. The van der Waals surface area contributed by atoms with Crippen molar-refractivity contribution in [3.63, 3.8) is 0 Å². The van der Waals surface area contributed by atoms with E-state index in [2.05, 4.69) is 20.9 Å². The SMILES string of the molecule is CC(C)(O)CCSc1cc(Br)cnc1N. The van der Waals surface area contributed by atoms with Gasteiger partial charge in [-0.05, 0) is 42.3 Å². The maximum Gasteiger partial charge on any atom is 0.137 e. The fraction of sp³-hybridized carbons (Fsp3) is 0.500. The number of nitrogen functional groups attached to an aromatic ring is 1. The molecule has 0 saturated heterocycles. The molecule has 0 amide bonds. The summed E-state index contributed by atoms with van der Waals surface area (Å²) >= 11 is 4.96. The lowest BCUT2D eigenvalue weighted by Crippen LogP contribution is -2.19. The molecule has 3 N–H and O–H groups in total. The number of anilines is 1. The third-order valence-corrected chi connectivity index (χ3v) is 3.30. The monoisotopic (exact) mass is 290 g/mol. The van der Waals surface area contributed by atoms with Gasteiger partial charge in [0.25, 0.3) is 0 Å². The standard InChI is InChI=1S/C10H15BrN2OS/c1-10(2,14)3-4-15-8-5-7(11)6-13-9(8)12/h5-6,14H,3-4H2,1-2H3,(H2,12,13). The van der Waals surface area contributed by atoms with Crippen molar-refractivity contribution in [1.82, 2.24) is 4.98 Å². The Labute approximate surface area is 103 Å². The van der Waals surface area contributed by atoms with Crippen molar-refractivity contribution in [1.29, 1.82) is 0 Å². The Bertz CT molecular complexity index is 339. The van der Waals surface area contributed by atoms with Crippen LogP contribution in [0.3, 0.4) is 0 Å². The Morgan fingerprint density at radius 1 is 1.60 bits per heavy atom. The second-order valence-corrected chi connectivity index (χ2v) is 6.00. The maximum absolute atomic E-state index is 9.55. The molecule has 0 fully saturated rings. The van der Waals surface area contributed by atoms with E-state index >= 15 is 0 Å². The lowest BCUT2D eigenvalue weighted by atomic mass is 10.1. The summed E-state index contributed by atoms with van der Waals surface area (Å²) in [7, 11) is 0. The van der Waals surface area contributed by atoms with Gasteiger partial charge < -0.3 is 10.8 Å². The van der Waals surface area contributed by atoms with Crippen LogP contribution >= 0.6 is 27.7 Å². The number of halogens is 1. The van der Waals surface area contributed by atoms with Gasteiger partial charge in [0.05, 0.1) is 10.5 Å². The van der Waals surface area contributed by atoms with E-state index in [1.807, 2.05) is 6.07 Å². The van der Waals surface area contributed by atoms with Crippen LogP contribution in [0.4, 0.5) is 5.82 Å². The number of pyridine rings is 1. The number of nitrogens with zero attached hydrogens (tertiary/aromatic N) is 1. The average molecular weight is 291 g/mol. The second kappa shape index (κ2) is 5.18. The van der Waals surface area contributed by atoms with Crippen LogP contribution in [0.1, 0.15) is 20.3 Å². The van der Waals surface area contributed by atoms with Gasteiger partial charge in [-0.25, -0.2) is 4.98 Å². The molecule has 0 aliphatic carbocycles. The summed E-state index contributed by atoms with van der Waals surface area (Å²) in [5, 5.41) is 9.55. The third-order valence-electron chi connectivity index (χ3n) is 1.82. The topological polar surface area (TPSA) is 59.1 Å². The zero-order valence-electron chi connectivity index (χ0n) is 8.83. The first-order valence-corrected chi connectivity index (χ1v) is 6.42. The first-order valence-electron chi connectivity index (χ1n) is 4.65. The summed E-state index contributed by atoms with van der Waals surface area (Å²) in [4.78, 5) is 4.99.